The maximum absolute atomic E-state index is 10.6. The minimum absolute atomic E-state index is 0.257. The van der Waals surface area contributed by atoms with Crippen LogP contribution in [0.4, 0.5) is 0 Å². The average Bonchev–Trinajstić information content (AvgIpc) is 3.05. The van der Waals surface area contributed by atoms with Gasteiger partial charge >= 0.3 is 5.97 Å². The molecule has 4 heteroatoms. The summed E-state index contributed by atoms with van der Waals surface area (Å²) in [5.41, 5.74) is 1.30. The first-order valence-corrected chi connectivity index (χ1v) is 8.58. The molecule has 2 aromatic rings. The van der Waals surface area contributed by atoms with Crippen LogP contribution in [0.5, 0.6) is 0 Å². The number of rotatable bonds is 9. The Balaban J connectivity index is 1.98. The van der Waals surface area contributed by atoms with Crippen molar-refractivity contribution in [3.05, 3.63) is 58.3 Å². The topological polar surface area (TPSA) is 40.5 Å². The summed E-state index contributed by atoms with van der Waals surface area (Å²) in [5, 5.41) is 10.9. The van der Waals surface area contributed by atoms with Crippen LogP contribution in [0.25, 0.3) is 0 Å². The summed E-state index contributed by atoms with van der Waals surface area (Å²) >= 11 is 1.78. The highest BCUT2D eigenvalue weighted by Crippen LogP contribution is 2.26. The summed E-state index contributed by atoms with van der Waals surface area (Å²) in [6.45, 7) is 4.04. The number of hydrogen-bond donors (Lipinski definition) is 1. The van der Waals surface area contributed by atoms with Gasteiger partial charge in [-0.3, -0.25) is 9.69 Å². The number of nitrogens with zero attached hydrogens (tertiary/aromatic N) is 1. The van der Waals surface area contributed by atoms with E-state index in [4.69, 9.17) is 5.11 Å². The molecule has 1 heterocycles. The lowest BCUT2D eigenvalue weighted by Crippen LogP contribution is -2.27. The standard InChI is InChI=1S/C18H23NO2S/c1-15(17-10-7-13-22-17)19(12-6-5-11-18(20)21)14-16-8-3-2-4-9-16/h2-4,7-10,13,15H,5-6,11-12,14H2,1H3,(H,20,21). The van der Waals surface area contributed by atoms with E-state index in [1.54, 1.807) is 11.3 Å². The third-order valence-corrected chi connectivity index (χ3v) is 4.86. The Bertz CT molecular complexity index is 554. The first-order valence-electron chi connectivity index (χ1n) is 7.70. The molecule has 1 atom stereocenters. The Hall–Kier alpha value is -1.65. The molecule has 0 fully saturated rings. The molecule has 0 bridgehead atoms. The van der Waals surface area contributed by atoms with Crippen LogP contribution in [0.3, 0.4) is 0 Å². The molecule has 1 aromatic heterocycles. The number of carbonyl (C=O) groups is 1. The fraction of sp³-hybridized carbons (Fsp3) is 0.389. The quantitative estimate of drug-likeness (QED) is 0.689. The first kappa shape index (κ1) is 16.7. The van der Waals surface area contributed by atoms with E-state index in [1.165, 1.54) is 10.4 Å². The van der Waals surface area contributed by atoms with Crippen molar-refractivity contribution in [2.75, 3.05) is 6.54 Å². The van der Waals surface area contributed by atoms with Crippen LogP contribution < -0.4 is 0 Å². The molecule has 1 N–H and O–H groups in total. The van der Waals surface area contributed by atoms with Gasteiger partial charge in [-0.15, -0.1) is 11.3 Å². The predicted molar refractivity (Wildman–Crippen MR) is 91.1 cm³/mol. The van der Waals surface area contributed by atoms with Gasteiger partial charge in [0.1, 0.15) is 0 Å². The van der Waals surface area contributed by atoms with Gasteiger partial charge in [0.2, 0.25) is 0 Å². The van der Waals surface area contributed by atoms with Gasteiger partial charge in [0.05, 0.1) is 0 Å². The first-order chi connectivity index (χ1) is 10.7. The van der Waals surface area contributed by atoms with E-state index in [2.05, 4.69) is 53.6 Å². The van der Waals surface area contributed by atoms with Gasteiger partial charge in [0.25, 0.3) is 0 Å². The van der Waals surface area contributed by atoms with E-state index >= 15 is 0 Å². The van der Waals surface area contributed by atoms with E-state index < -0.39 is 5.97 Å². The van der Waals surface area contributed by atoms with Gasteiger partial charge < -0.3 is 5.11 Å². The highest BCUT2D eigenvalue weighted by Gasteiger charge is 2.16. The SMILES string of the molecule is CC(c1cccs1)N(CCCCC(=O)O)Cc1ccccc1. The molecule has 1 unspecified atom stereocenters. The van der Waals surface area contributed by atoms with Gasteiger partial charge in [-0.25, -0.2) is 0 Å². The smallest absolute Gasteiger partial charge is 0.303 e. The number of benzene rings is 1. The van der Waals surface area contributed by atoms with Gasteiger partial charge in [-0.05, 0) is 43.3 Å². The highest BCUT2D eigenvalue weighted by atomic mass is 32.1. The molecule has 0 saturated carbocycles. The molecule has 2 rings (SSSR count). The Kier molecular flexibility index (Phi) is 6.62. The second-order valence-electron chi connectivity index (χ2n) is 5.50. The van der Waals surface area contributed by atoms with Gasteiger partial charge in [0, 0.05) is 23.9 Å². The second-order valence-corrected chi connectivity index (χ2v) is 6.48. The minimum Gasteiger partial charge on any atom is -0.481 e. The van der Waals surface area contributed by atoms with Crippen LogP contribution in [0.2, 0.25) is 0 Å². The third-order valence-electron chi connectivity index (χ3n) is 3.82. The normalized spacial score (nSPS) is 12.5. The van der Waals surface area contributed by atoms with E-state index in [0.717, 1.165) is 25.9 Å². The van der Waals surface area contributed by atoms with Crippen LogP contribution in [0.15, 0.2) is 47.8 Å². The summed E-state index contributed by atoms with van der Waals surface area (Å²) in [4.78, 5) is 14.4. The predicted octanol–water partition coefficient (Wildman–Crippen LogP) is 4.57. The van der Waals surface area contributed by atoms with Crippen molar-refractivity contribution in [1.29, 1.82) is 0 Å². The fourth-order valence-corrected chi connectivity index (χ4v) is 3.35. The number of carboxylic acid groups (broad SMARTS) is 1. The second kappa shape index (κ2) is 8.71. The van der Waals surface area contributed by atoms with E-state index in [9.17, 15) is 4.79 Å². The Morgan fingerprint density at radius 2 is 1.95 bits per heavy atom. The molecule has 0 spiro atoms. The number of thiophene rings is 1. The fourth-order valence-electron chi connectivity index (χ4n) is 2.53. The summed E-state index contributed by atoms with van der Waals surface area (Å²) in [5.74, 6) is -0.707. The molecule has 3 nitrogen and oxygen atoms in total. The lowest BCUT2D eigenvalue weighted by Gasteiger charge is -2.28. The lowest BCUT2D eigenvalue weighted by atomic mass is 10.1. The molecule has 0 aliphatic carbocycles. The highest BCUT2D eigenvalue weighted by molar-refractivity contribution is 7.10. The van der Waals surface area contributed by atoms with E-state index in [-0.39, 0.29) is 6.42 Å². The summed E-state index contributed by atoms with van der Waals surface area (Å²) in [6.07, 6.45) is 1.90. The van der Waals surface area contributed by atoms with Gasteiger partial charge in [-0.1, -0.05) is 36.4 Å². The molecular formula is C18H23NO2S. The molecule has 0 aliphatic rings. The van der Waals surface area contributed by atoms with Crippen LogP contribution in [-0.4, -0.2) is 22.5 Å². The molecule has 1 aromatic carbocycles. The van der Waals surface area contributed by atoms with Crippen molar-refractivity contribution in [3.63, 3.8) is 0 Å². The molecule has 0 aliphatic heterocycles. The van der Waals surface area contributed by atoms with Crippen LogP contribution in [-0.2, 0) is 11.3 Å². The van der Waals surface area contributed by atoms with Gasteiger partial charge in [-0.2, -0.15) is 0 Å². The van der Waals surface area contributed by atoms with E-state index in [1.807, 2.05) is 6.07 Å². The van der Waals surface area contributed by atoms with E-state index in [0.29, 0.717) is 6.04 Å². The van der Waals surface area contributed by atoms with Crippen molar-refractivity contribution < 1.29 is 9.90 Å². The van der Waals surface area contributed by atoms with Crippen molar-refractivity contribution in [1.82, 2.24) is 4.90 Å². The minimum atomic E-state index is -0.707. The van der Waals surface area contributed by atoms with Crippen molar-refractivity contribution >= 4 is 17.3 Å². The maximum atomic E-state index is 10.6. The zero-order valence-electron chi connectivity index (χ0n) is 12.9. The summed E-state index contributed by atoms with van der Waals surface area (Å²) in [7, 11) is 0. The van der Waals surface area contributed by atoms with Crippen molar-refractivity contribution in [2.24, 2.45) is 0 Å². The summed E-state index contributed by atoms with van der Waals surface area (Å²) in [6, 6.07) is 15.1. The average molecular weight is 317 g/mol. The maximum Gasteiger partial charge on any atom is 0.303 e. The Labute approximate surface area is 136 Å². The number of aliphatic carboxylic acids is 1. The molecule has 22 heavy (non-hydrogen) atoms. The number of unbranched alkanes of at least 4 members (excludes halogenated alkanes) is 1. The monoisotopic (exact) mass is 317 g/mol. The molecule has 0 radical (unpaired) electrons. The van der Waals surface area contributed by atoms with Crippen LogP contribution in [0, 0.1) is 0 Å². The zero-order chi connectivity index (χ0) is 15.8. The number of carboxylic acids is 1. The Morgan fingerprint density at radius 3 is 2.59 bits per heavy atom. The molecule has 0 amide bonds. The van der Waals surface area contributed by atoms with Gasteiger partial charge in [0.15, 0.2) is 0 Å². The summed E-state index contributed by atoms with van der Waals surface area (Å²) < 4.78 is 0. The lowest BCUT2D eigenvalue weighted by molar-refractivity contribution is -0.137. The number of hydrogen-bond acceptors (Lipinski definition) is 3. The van der Waals surface area contributed by atoms with Crippen molar-refractivity contribution in [3.8, 4) is 0 Å². The zero-order valence-corrected chi connectivity index (χ0v) is 13.8. The molecule has 118 valence electrons. The molecule has 0 saturated heterocycles. The molecular weight excluding hydrogens is 294 g/mol. The van der Waals surface area contributed by atoms with Crippen LogP contribution in [0.1, 0.15) is 42.7 Å². The largest absolute Gasteiger partial charge is 0.481 e. The van der Waals surface area contributed by atoms with Crippen molar-refractivity contribution in [2.45, 2.75) is 38.8 Å². The van der Waals surface area contributed by atoms with Crippen LogP contribution >= 0.6 is 11.3 Å². The third kappa shape index (κ3) is 5.28. The Morgan fingerprint density at radius 1 is 1.18 bits per heavy atom.